The first-order chi connectivity index (χ1) is 16.1. The summed E-state index contributed by atoms with van der Waals surface area (Å²) in [6.07, 6.45) is 1.33. The van der Waals surface area contributed by atoms with Gasteiger partial charge in [0, 0.05) is 5.56 Å². The maximum atomic E-state index is 9.87. The number of benzene rings is 1. The number of ether oxygens (including phenoxy) is 4. The molecule has 0 spiro atoms. The molecule has 5 heterocycles. The zero-order valence-electron chi connectivity index (χ0n) is 17.2. The summed E-state index contributed by atoms with van der Waals surface area (Å²) in [4.78, 5) is 15.8. The summed E-state index contributed by atoms with van der Waals surface area (Å²) in [7, 11) is 0. The molecule has 2 saturated heterocycles. The van der Waals surface area contributed by atoms with E-state index in [9.17, 15) is 5.11 Å². The molecule has 1 aromatic carbocycles. The number of nitrogens with one attached hydrogen (secondary N) is 1. The van der Waals surface area contributed by atoms with Gasteiger partial charge in [-0.05, 0) is 11.6 Å². The van der Waals surface area contributed by atoms with Crippen molar-refractivity contribution in [3.05, 3.63) is 53.5 Å². The molecule has 3 aromatic heterocycles. The van der Waals surface area contributed by atoms with E-state index in [0.29, 0.717) is 28.6 Å². The summed E-state index contributed by atoms with van der Waals surface area (Å²) in [5.41, 5.74) is 2.89. The smallest absolute Gasteiger partial charge is 0.296 e. The van der Waals surface area contributed by atoms with Gasteiger partial charge in [0.2, 0.25) is 5.88 Å². The fourth-order valence-electron chi connectivity index (χ4n) is 4.00. The second-order valence-electron chi connectivity index (χ2n) is 7.86. The highest BCUT2D eigenvalue weighted by atomic mass is 35.5. The lowest BCUT2D eigenvalue weighted by Gasteiger charge is -2.15. The van der Waals surface area contributed by atoms with E-state index in [0.717, 1.165) is 11.1 Å². The third kappa shape index (κ3) is 3.91. The molecule has 0 bridgehead atoms. The van der Waals surface area contributed by atoms with E-state index in [1.54, 1.807) is 12.3 Å². The largest absolute Gasteiger partial charge is 0.472 e. The number of imidazole rings is 1. The summed E-state index contributed by atoms with van der Waals surface area (Å²) in [6, 6.07) is 9.69. The van der Waals surface area contributed by atoms with Gasteiger partial charge in [-0.15, -0.1) is 0 Å². The Morgan fingerprint density at radius 1 is 1.12 bits per heavy atom. The predicted molar refractivity (Wildman–Crippen MR) is 115 cm³/mol. The monoisotopic (exact) mass is 470 g/mol. The van der Waals surface area contributed by atoms with Gasteiger partial charge in [-0.2, -0.15) is 9.97 Å². The van der Waals surface area contributed by atoms with Crippen LogP contribution in [0.5, 0.6) is 11.9 Å². The molecule has 0 radical (unpaired) electrons. The third-order valence-electron chi connectivity index (χ3n) is 5.66. The normalized spacial score (nSPS) is 24.3. The fourth-order valence-corrected chi connectivity index (χ4v) is 4.21. The summed E-state index contributed by atoms with van der Waals surface area (Å²) in [5, 5.41) is 10.2. The molecule has 11 heteroatoms. The Morgan fingerprint density at radius 2 is 1.97 bits per heavy atom. The lowest BCUT2D eigenvalue weighted by atomic mass is 10.1. The lowest BCUT2D eigenvalue weighted by molar-refractivity contribution is 0.00706. The number of fused-ring (bicyclic) bond motifs is 2. The van der Waals surface area contributed by atoms with Gasteiger partial charge in [0.25, 0.3) is 6.01 Å². The number of aliphatic hydroxyl groups is 1. The van der Waals surface area contributed by atoms with Crippen LogP contribution < -0.4 is 9.47 Å². The molecule has 0 aliphatic carbocycles. The van der Waals surface area contributed by atoms with E-state index >= 15 is 0 Å². The lowest BCUT2D eigenvalue weighted by Crippen LogP contribution is -2.34. The van der Waals surface area contributed by atoms with Gasteiger partial charge in [-0.3, -0.25) is 0 Å². The Hall–Kier alpha value is -3.18. The minimum atomic E-state index is -0.641. The maximum Gasteiger partial charge on any atom is 0.296 e. The van der Waals surface area contributed by atoms with Crippen LogP contribution in [0, 0.1) is 0 Å². The van der Waals surface area contributed by atoms with Crippen LogP contribution in [0.3, 0.4) is 0 Å². The number of aliphatic hydroxyl groups excluding tert-OH is 1. The van der Waals surface area contributed by atoms with Crippen LogP contribution in [0.15, 0.2) is 47.3 Å². The van der Waals surface area contributed by atoms with E-state index in [1.807, 2.05) is 24.3 Å². The number of aromatic nitrogens is 4. The Balaban J connectivity index is 1.14. The quantitative estimate of drug-likeness (QED) is 0.437. The second-order valence-corrected chi connectivity index (χ2v) is 8.27. The topological polar surface area (TPSA) is 125 Å². The predicted octanol–water partition coefficient (Wildman–Crippen LogP) is 2.75. The first kappa shape index (κ1) is 20.4. The molecule has 33 heavy (non-hydrogen) atoms. The molecule has 6 rings (SSSR count). The van der Waals surface area contributed by atoms with Gasteiger partial charge in [-0.1, -0.05) is 35.9 Å². The molecular formula is C22H19ClN4O6. The van der Waals surface area contributed by atoms with Crippen LogP contribution in [0.25, 0.3) is 22.5 Å². The summed E-state index contributed by atoms with van der Waals surface area (Å²) < 4.78 is 28.2. The van der Waals surface area contributed by atoms with Crippen LogP contribution in [0.2, 0.25) is 5.02 Å². The Kier molecular flexibility index (Phi) is 5.14. The number of nitrogens with zero attached hydrogens (tertiary/aromatic N) is 3. The van der Waals surface area contributed by atoms with E-state index in [-0.39, 0.29) is 43.4 Å². The summed E-state index contributed by atoms with van der Waals surface area (Å²) >= 11 is 6.37. The molecule has 1 unspecified atom stereocenters. The average molecular weight is 471 g/mol. The number of hydrogen-bond donors (Lipinski definition) is 2. The Morgan fingerprint density at radius 3 is 2.79 bits per heavy atom. The SMILES string of the molecule is O[C@@H]1CO[C@H]2C1OC[C@H]2Oc1nc2nc(OCc3ccc(-c4cnco4)cc3)c(Cl)cc2[nH]1. The van der Waals surface area contributed by atoms with Gasteiger partial charge < -0.3 is 33.5 Å². The van der Waals surface area contributed by atoms with Crippen molar-refractivity contribution < 1.29 is 28.5 Å². The molecule has 2 N–H and O–H groups in total. The molecule has 4 atom stereocenters. The van der Waals surface area contributed by atoms with E-state index < -0.39 is 6.10 Å². The average Bonchev–Trinajstić information content (AvgIpc) is 3.60. The number of rotatable bonds is 6. The van der Waals surface area contributed by atoms with Crippen LogP contribution in [-0.4, -0.2) is 62.7 Å². The first-order valence-electron chi connectivity index (χ1n) is 10.4. The minimum absolute atomic E-state index is 0.232. The number of H-pyrrole nitrogens is 1. The number of oxazole rings is 1. The van der Waals surface area contributed by atoms with Crippen molar-refractivity contribution in [3.63, 3.8) is 0 Å². The number of aromatic amines is 1. The maximum absolute atomic E-state index is 9.87. The van der Waals surface area contributed by atoms with Crippen molar-refractivity contribution in [2.24, 2.45) is 0 Å². The van der Waals surface area contributed by atoms with Gasteiger partial charge in [0.15, 0.2) is 23.9 Å². The van der Waals surface area contributed by atoms with Crippen molar-refractivity contribution in [1.82, 2.24) is 19.9 Å². The zero-order valence-corrected chi connectivity index (χ0v) is 17.9. The fraction of sp³-hybridized carbons (Fsp3) is 0.318. The Labute approximate surface area is 192 Å². The standard InChI is InChI=1S/C22H19ClN4O6/c23-13-5-14-20(27-22(25-14)33-17-9-30-18-15(28)8-29-19(17)18)26-21(13)31-7-11-1-3-12(4-2-11)16-6-24-10-32-16/h1-6,10,15,17-19,28H,7-9H2,(H,25,26,27)/t15-,17-,18?,19-/m1/s1. The molecule has 4 aromatic rings. The molecule has 2 fully saturated rings. The van der Waals surface area contributed by atoms with E-state index in [2.05, 4.69) is 19.9 Å². The van der Waals surface area contributed by atoms with Crippen molar-refractivity contribution in [2.45, 2.75) is 31.0 Å². The molecule has 2 aliphatic rings. The number of hydrogen-bond acceptors (Lipinski definition) is 9. The van der Waals surface area contributed by atoms with Crippen LogP contribution >= 0.6 is 11.6 Å². The Bertz CT molecular complexity index is 1260. The highest BCUT2D eigenvalue weighted by molar-refractivity contribution is 6.32. The van der Waals surface area contributed by atoms with E-state index in [4.69, 9.17) is 35.0 Å². The molecule has 0 saturated carbocycles. The van der Waals surface area contributed by atoms with Crippen LogP contribution in [0.1, 0.15) is 5.56 Å². The molecule has 0 amide bonds. The third-order valence-corrected chi connectivity index (χ3v) is 5.93. The number of halogens is 1. The molecule has 10 nitrogen and oxygen atoms in total. The second kappa shape index (κ2) is 8.31. The number of pyridine rings is 1. The minimum Gasteiger partial charge on any atom is -0.472 e. The van der Waals surface area contributed by atoms with Crippen LogP contribution in [-0.2, 0) is 16.1 Å². The molecular weight excluding hydrogens is 452 g/mol. The molecule has 2 aliphatic heterocycles. The molecule has 170 valence electrons. The highest BCUT2D eigenvalue weighted by Gasteiger charge is 2.48. The van der Waals surface area contributed by atoms with Gasteiger partial charge >= 0.3 is 0 Å². The van der Waals surface area contributed by atoms with Crippen LogP contribution in [0.4, 0.5) is 0 Å². The first-order valence-corrected chi connectivity index (χ1v) is 10.8. The van der Waals surface area contributed by atoms with Crippen molar-refractivity contribution in [3.8, 4) is 23.2 Å². The van der Waals surface area contributed by atoms with Crippen molar-refractivity contribution >= 4 is 22.8 Å². The van der Waals surface area contributed by atoms with Gasteiger partial charge in [0.1, 0.15) is 29.9 Å². The summed E-state index contributed by atoms with van der Waals surface area (Å²) in [6.45, 7) is 0.821. The van der Waals surface area contributed by atoms with Gasteiger partial charge in [0.05, 0.1) is 24.9 Å². The summed E-state index contributed by atoms with van der Waals surface area (Å²) in [5.74, 6) is 0.970. The highest BCUT2D eigenvalue weighted by Crippen LogP contribution is 2.31. The van der Waals surface area contributed by atoms with Gasteiger partial charge in [-0.25, -0.2) is 4.98 Å². The van der Waals surface area contributed by atoms with Crippen molar-refractivity contribution in [1.29, 1.82) is 0 Å². The van der Waals surface area contributed by atoms with E-state index in [1.165, 1.54) is 6.39 Å². The van der Waals surface area contributed by atoms with Crippen molar-refractivity contribution in [2.75, 3.05) is 13.2 Å². The zero-order chi connectivity index (χ0) is 22.4.